The molecule has 0 radical (unpaired) electrons. The summed E-state index contributed by atoms with van der Waals surface area (Å²) in [6.45, 7) is 2.39. The summed E-state index contributed by atoms with van der Waals surface area (Å²) >= 11 is 0. The van der Waals surface area contributed by atoms with Gasteiger partial charge in [-0.15, -0.1) is 0 Å². The Morgan fingerprint density at radius 1 is 1.44 bits per heavy atom. The number of carboxylic acid groups (broad SMARTS) is 1. The second kappa shape index (κ2) is 4.14. The zero-order valence-corrected chi connectivity index (χ0v) is 8.79. The van der Waals surface area contributed by atoms with Crippen molar-refractivity contribution in [3.05, 3.63) is 47.5 Å². The van der Waals surface area contributed by atoms with Gasteiger partial charge in [0.2, 0.25) is 0 Å². The topological polar surface area (TPSA) is 68.0 Å². The van der Waals surface area contributed by atoms with E-state index in [1.165, 1.54) is 6.07 Å². The molecule has 5 nitrogen and oxygen atoms in total. The first-order valence-corrected chi connectivity index (χ1v) is 4.84. The molecule has 0 aromatic carbocycles. The number of hydrogen-bond acceptors (Lipinski definition) is 3. The summed E-state index contributed by atoms with van der Waals surface area (Å²) in [4.78, 5) is 14.9. The smallest absolute Gasteiger partial charge is 0.356 e. The van der Waals surface area contributed by atoms with Crippen LogP contribution in [0.4, 0.5) is 0 Å². The van der Waals surface area contributed by atoms with Crippen LogP contribution in [-0.4, -0.2) is 25.8 Å². The van der Waals surface area contributed by atoms with Crippen molar-refractivity contribution in [2.45, 2.75) is 13.5 Å². The molecular weight excluding hydrogens is 206 g/mol. The average molecular weight is 217 g/mol. The molecular formula is C11H11N3O2. The van der Waals surface area contributed by atoms with Crippen molar-refractivity contribution >= 4 is 5.97 Å². The first-order valence-electron chi connectivity index (χ1n) is 4.84. The van der Waals surface area contributed by atoms with E-state index >= 15 is 0 Å². The quantitative estimate of drug-likeness (QED) is 0.842. The Morgan fingerprint density at radius 3 is 2.88 bits per heavy atom. The van der Waals surface area contributed by atoms with Crippen LogP contribution in [0.3, 0.4) is 0 Å². The van der Waals surface area contributed by atoms with E-state index in [-0.39, 0.29) is 5.69 Å². The predicted octanol–water partition coefficient (Wildman–Crippen LogP) is 1.33. The first-order chi connectivity index (χ1) is 7.65. The van der Waals surface area contributed by atoms with Crippen LogP contribution in [0.5, 0.6) is 0 Å². The van der Waals surface area contributed by atoms with E-state index in [0.29, 0.717) is 6.54 Å². The number of aromatic nitrogens is 3. The fourth-order valence-electron chi connectivity index (χ4n) is 1.42. The minimum Gasteiger partial charge on any atom is -0.476 e. The SMILES string of the molecule is Cc1cccc(Cn2ccc(C(=O)O)n2)n1. The highest BCUT2D eigenvalue weighted by atomic mass is 16.4. The molecule has 2 rings (SSSR count). The van der Waals surface area contributed by atoms with Gasteiger partial charge in [-0.3, -0.25) is 9.67 Å². The van der Waals surface area contributed by atoms with E-state index in [0.717, 1.165) is 11.4 Å². The molecule has 0 spiro atoms. The summed E-state index contributed by atoms with van der Waals surface area (Å²) in [6, 6.07) is 7.18. The van der Waals surface area contributed by atoms with E-state index in [1.54, 1.807) is 10.9 Å². The maximum Gasteiger partial charge on any atom is 0.356 e. The normalized spacial score (nSPS) is 10.3. The van der Waals surface area contributed by atoms with Gasteiger partial charge in [-0.25, -0.2) is 4.79 Å². The van der Waals surface area contributed by atoms with E-state index in [2.05, 4.69) is 10.1 Å². The van der Waals surface area contributed by atoms with Gasteiger partial charge in [-0.05, 0) is 25.1 Å². The van der Waals surface area contributed by atoms with Crippen molar-refractivity contribution < 1.29 is 9.90 Å². The lowest BCUT2D eigenvalue weighted by atomic mass is 10.3. The Kier molecular flexibility index (Phi) is 2.68. The zero-order valence-electron chi connectivity index (χ0n) is 8.79. The molecule has 5 heteroatoms. The van der Waals surface area contributed by atoms with E-state index in [9.17, 15) is 4.79 Å². The number of carboxylic acids is 1. The van der Waals surface area contributed by atoms with Crippen molar-refractivity contribution in [2.75, 3.05) is 0 Å². The van der Waals surface area contributed by atoms with E-state index in [1.807, 2.05) is 25.1 Å². The molecule has 0 fully saturated rings. The van der Waals surface area contributed by atoms with E-state index < -0.39 is 5.97 Å². The molecule has 0 amide bonds. The Hall–Kier alpha value is -2.17. The molecule has 0 aliphatic heterocycles. The van der Waals surface area contributed by atoms with Crippen molar-refractivity contribution in [1.29, 1.82) is 0 Å². The first kappa shape index (κ1) is 10.4. The molecule has 0 aliphatic rings. The van der Waals surface area contributed by atoms with Crippen LogP contribution < -0.4 is 0 Å². The van der Waals surface area contributed by atoms with Crippen molar-refractivity contribution in [2.24, 2.45) is 0 Å². The number of aromatic carboxylic acids is 1. The molecule has 0 saturated carbocycles. The van der Waals surface area contributed by atoms with Gasteiger partial charge in [0.25, 0.3) is 0 Å². The largest absolute Gasteiger partial charge is 0.476 e. The maximum absolute atomic E-state index is 10.6. The highest BCUT2D eigenvalue weighted by Gasteiger charge is 2.06. The fraction of sp³-hybridized carbons (Fsp3) is 0.182. The molecule has 2 aromatic heterocycles. The zero-order chi connectivity index (χ0) is 11.5. The van der Waals surface area contributed by atoms with Gasteiger partial charge >= 0.3 is 5.97 Å². The van der Waals surface area contributed by atoms with Crippen LogP contribution in [0.1, 0.15) is 21.9 Å². The molecule has 82 valence electrons. The second-order valence-corrected chi connectivity index (χ2v) is 3.47. The Labute approximate surface area is 92.4 Å². The van der Waals surface area contributed by atoms with Crippen molar-refractivity contribution in [3.8, 4) is 0 Å². The molecule has 0 saturated heterocycles. The van der Waals surface area contributed by atoms with Gasteiger partial charge in [-0.2, -0.15) is 5.10 Å². The number of rotatable bonds is 3. The molecule has 0 aliphatic carbocycles. The monoisotopic (exact) mass is 217 g/mol. The highest BCUT2D eigenvalue weighted by Crippen LogP contribution is 2.02. The third-order valence-corrected chi connectivity index (χ3v) is 2.13. The molecule has 2 heterocycles. The molecule has 0 bridgehead atoms. The summed E-state index contributed by atoms with van der Waals surface area (Å²) in [6.07, 6.45) is 1.63. The molecule has 1 N–H and O–H groups in total. The third-order valence-electron chi connectivity index (χ3n) is 2.13. The Balaban J connectivity index is 2.17. The Morgan fingerprint density at radius 2 is 2.25 bits per heavy atom. The van der Waals surface area contributed by atoms with Crippen LogP contribution in [-0.2, 0) is 6.54 Å². The number of hydrogen-bond donors (Lipinski definition) is 1. The molecule has 0 atom stereocenters. The van der Waals surface area contributed by atoms with Gasteiger partial charge in [0.15, 0.2) is 5.69 Å². The maximum atomic E-state index is 10.6. The van der Waals surface area contributed by atoms with Crippen LogP contribution in [0.25, 0.3) is 0 Å². The molecule has 0 unspecified atom stereocenters. The van der Waals surface area contributed by atoms with Crippen molar-refractivity contribution in [3.63, 3.8) is 0 Å². The summed E-state index contributed by atoms with van der Waals surface area (Å²) in [5, 5.41) is 12.6. The predicted molar refractivity (Wildman–Crippen MR) is 57.3 cm³/mol. The summed E-state index contributed by atoms with van der Waals surface area (Å²) in [7, 11) is 0. The van der Waals surface area contributed by atoms with Crippen LogP contribution in [0, 0.1) is 6.92 Å². The van der Waals surface area contributed by atoms with Crippen LogP contribution in [0.15, 0.2) is 30.5 Å². The van der Waals surface area contributed by atoms with Gasteiger partial charge in [0.1, 0.15) is 0 Å². The number of carbonyl (C=O) groups is 1. The third kappa shape index (κ3) is 2.25. The van der Waals surface area contributed by atoms with Crippen LogP contribution >= 0.6 is 0 Å². The summed E-state index contributed by atoms with van der Waals surface area (Å²) in [5.74, 6) is -1.02. The number of aryl methyl sites for hydroxylation is 1. The van der Waals surface area contributed by atoms with Gasteiger partial charge in [0.05, 0.1) is 12.2 Å². The lowest BCUT2D eigenvalue weighted by Gasteiger charge is -2.01. The molecule has 2 aromatic rings. The van der Waals surface area contributed by atoms with Gasteiger partial charge in [-0.1, -0.05) is 6.07 Å². The molecule has 16 heavy (non-hydrogen) atoms. The standard InChI is InChI=1S/C11H11N3O2/c1-8-3-2-4-9(12-8)7-14-6-5-10(13-14)11(15)16/h2-6H,7H2,1H3,(H,15,16). The van der Waals surface area contributed by atoms with E-state index in [4.69, 9.17) is 5.11 Å². The second-order valence-electron chi connectivity index (χ2n) is 3.47. The van der Waals surface area contributed by atoms with Crippen molar-refractivity contribution in [1.82, 2.24) is 14.8 Å². The minimum atomic E-state index is -1.02. The lowest BCUT2D eigenvalue weighted by molar-refractivity contribution is 0.0689. The van der Waals surface area contributed by atoms with Gasteiger partial charge < -0.3 is 5.11 Å². The Bertz CT molecular complexity index is 519. The summed E-state index contributed by atoms with van der Waals surface area (Å²) in [5.41, 5.74) is 1.84. The lowest BCUT2D eigenvalue weighted by Crippen LogP contribution is -2.05. The minimum absolute atomic E-state index is 0.0488. The van der Waals surface area contributed by atoms with Gasteiger partial charge in [0, 0.05) is 11.9 Å². The number of pyridine rings is 1. The average Bonchev–Trinajstić information content (AvgIpc) is 2.66. The fourth-order valence-corrected chi connectivity index (χ4v) is 1.42. The van der Waals surface area contributed by atoms with Crippen LogP contribution in [0.2, 0.25) is 0 Å². The highest BCUT2D eigenvalue weighted by molar-refractivity contribution is 5.85. The number of nitrogens with zero attached hydrogens (tertiary/aromatic N) is 3. The summed E-state index contributed by atoms with van der Waals surface area (Å²) < 4.78 is 1.56.